The van der Waals surface area contributed by atoms with Crippen LogP contribution in [0.2, 0.25) is 0 Å². The van der Waals surface area contributed by atoms with Crippen LogP contribution in [0, 0.1) is 5.92 Å². The number of carbonyl (C=O) groups is 2. The predicted octanol–water partition coefficient (Wildman–Crippen LogP) is 1.31. The number of carboxylic acid groups (broad SMARTS) is 1. The lowest BCUT2D eigenvalue weighted by molar-refractivity contribution is -0.141. The molecule has 1 aliphatic rings. The number of morpholine rings is 1. The molecule has 1 atom stereocenters. The van der Waals surface area contributed by atoms with Crippen LogP contribution in [0.25, 0.3) is 0 Å². The van der Waals surface area contributed by atoms with E-state index >= 15 is 0 Å². The Bertz CT molecular complexity index is 305. The van der Waals surface area contributed by atoms with Crippen molar-refractivity contribution in [1.29, 1.82) is 0 Å². The summed E-state index contributed by atoms with van der Waals surface area (Å²) in [4.78, 5) is 24.3. The monoisotopic (exact) mass is 272 g/mol. The minimum Gasteiger partial charge on any atom is -0.481 e. The normalized spacial score (nSPS) is 19.5. The fourth-order valence-electron chi connectivity index (χ4n) is 2.14. The number of nitrogens with one attached hydrogen (secondary N) is 1. The molecule has 0 aromatic rings. The van der Waals surface area contributed by atoms with Crippen LogP contribution in [-0.2, 0) is 9.53 Å². The standard InChI is InChI=1S/C13H24N2O4/c1-3-10(4-2)8-14-13(18)15-5-6-19-11(9-15)7-12(16)17/h10-11H,3-9H2,1-2H3,(H,14,18)(H,16,17). The lowest BCUT2D eigenvalue weighted by Gasteiger charge is -2.32. The molecule has 1 aliphatic heterocycles. The van der Waals surface area contributed by atoms with E-state index in [0.717, 1.165) is 12.8 Å². The van der Waals surface area contributed by atoms with Gasteiger partial charge in [-0.1, -0.05) is 26.7 Å². The summed E-state index contributed by atoms with van der Waals surface area (Å²) in [6.45, 7) is 6.16. The smallest absolute Gasteiger partial charge is 0.317 e. The zero-order chi connectivity index (χ0) is 14.3. The molecule has 0 aromatic heterocycles. The molecule has 1 rings (SSSR count). The highest BCUT2D eigenvalue weighted by Gasteiger charge is 2.25. The van der Waals surface area contributed by atoms with Crippen molar-refractivity contribution in [2.24, 2.45) is 5.92 Å². The Kier molecular flexibility index (Phi) is 6.62. The molecule has 6 nitrogen and oxygen atoms in total. The van der Waals surface area contributed by atoms with E-state index in [0.29, 0.717) is 32.2 Å². The van der Waals surface area contributed by atoms with Gasteiger partial charge in [0.2, 0.25) is 0 Å². The van der Waals surface area contributed by atoms with Gasteiger partial charge in [-0.25, -0.2) is 4.79 Å². The first-order chi connectivity index (χ1) is 9.06. The molecule has 19 heavy (non-hydrogen) atoms. The summed E-state index contributed by atoms with van der Waals surface area (Å²) in [6, 6.07) is -0.120. The van der Waals surface area contributed by atoms with Gasteiger partial charge in [0.25, 0.3) is 0 Å². The van der Waals surface area contributed by atoms with Gasteiger partial charge in [0, 0.05) is 19.6 Å². The number of hydrogen-bond acceptors (Lipinski definition) is 3. The number of amides is 2. The summed E-state index contributed by atoms with van der Waals surface area (Å²) < 4.78 is 5.33. The number of aliphatic carboxylic acids is 1. The van der Waals surface area contributed by atoms with Crippen molar-refractivity contribution >= 4 is 12.0 Å². The second-order valence-corrected chi connectivity index (χ2v) is 4.91. The quantitative estimate of drug-likeness (QED) is 0.764. The van der Waals surface area contributed by atoms with E-state index in [-0.39, 0.29) is 12.5 Å². The number of nitrogens with zero attached hydrogens (tertiary/aromatic N) is 1. The van der Waals surface area contributed by atoms with Gasteiger partial charge in [0.1, 0.15) is 0 Å². The molecule has 1 heterocycles. The summed E-state index contributed by atoms with van der Waals surface area (Å²) >= 11 is 0. The summed E-state index contributed by atoms with van der Waals surface area (Å²) in [5.41, 5.74) is 0. The topological polar surface area (TPSA) is 78.9 Å². The molecular formula is C13H24N2O4. The summed E-state index contributed by atoms with van der Waals surface area (Å²) in [6.07, 6.45) is 1.63. The van der Waals surface area contributed by atoms with Crippen molar-refractivity contribution in [3.63, 3.8) is 0 Å². The van der Waals surface area contributed by atoms with Crippen molar-refractivity contribution < 1.29 is 19.4 Å². The molecule has 1 fully saturated rings. The average molecular weight is 272 g/mol. The third-order valence-corrected chi connectivity index (χ3v) is 3.52. The van der Waals surface area contributed by atoms with E-state index in [4.69, 9.17) is 9.84 Å². The number of rotatable bonds is 6. The third-order valence-electron chi connectivity index (χ3n) is 3.52. The highest BCUT2D eigenvalue weighted by molar-refractivity contribution is 5.74. The lowest BCUT2D eigenvalue weighted by atomic mass is 10.0. The highest BCUT2D eigenvalue weighted by atomic mass is 16.5. The highest BCUT2D eigenvalue weighted by Crippen LogP contribution is 2.10. The molecule has 2 amide bonds. The van der Waals surface area contributed by atoms with Crippen LogP contribution in [0.15, 0.2) is 0 Å². The Labute approximate surface area is 114 Å². The van der Waals surface area contributed by atoms with E-state index in [1.165, 1.54) is 0 Å². The van der Waals surface area contributed by atoms with Gasteiger partial charge in [0.15, 0.2) is 0 Å². The van der Waals surface area contributed by atoms with Gasteiger partial charge in [0.05, 0.1) is 19.1 Å². The van der Waals surface area contributed by atoms with Crippen LogP contribution in [0.4, 0.5) is 4.79 Å². The van der Waals surface area contributed by atoms with Gasteiger partial charge >= 0.3 is 12.0 Å². The Balaban J connectivity index is 2.37. The molecular weight excluding hydrogens is 248 g/mol. The van der Waals surface area contributed by atoms with Crippen molar-refractivity contribution in [2.45, 2.75) is 39.2 Å². The number of hydrogen-bond donors (Lipinski definition) is 2. The maximum atomic E-state index is 12.0. The minimum atomic E-state index is -0.899. The molecule has 0 bridgehead atoms. The maximum Gasteiger partial charge on any atom is 0.317 e. The van der Waals surface area contributed by atoms with Crippen LogP contribution in [0.3, 0.4) is 0 Å². The molecule has 0 aliphatic carbocycles. The van der Waals surface area contributed by atoms with Gasteiger partial charge in [-0.05, 0) is 5.92 Å². The van der Waals surface area contributed by atoms with Crippen LogP contribution < -0.4 is 5.32 Å². The fraction of sp³-hybridized carbons (Fsp3) is 0.846. The Morgan fingerprint density at radius 2 is 2.11 bits per heavy atom. The lowest BCUT2D eigenvalue weighted by Crippen LogP contribution is -2.50. The molecule has 1 saturated heterocycles. The maximum absolute atomic E-state index is 12.0. The zero-order valence-electron chi connectivity index (χ0n) is 11.7. The van der Waals surface area contributed by atoms with Gasteiger partial charge in [-0.15, -0.1) is 0 Å². The Morgan fingerprint density at radius 3 is 2.68 bits per heavy atom. The van der Waals surface area contributed by atoms with Gasteiger partial charge in [-0.2, -0.15) is 0 Å². The first-order valence-electron chi connectivity index (χ1n) is 6.92. The van der Waals surface area contributed by atoms with E-state index in [9.17, 15) is 9.59 Å². The molecule has 0 saturated carbocycles. The van der Waals surface area contributed by atoms with Gasteiger partial charge in [-0.3, -0.25) is 4.79 Å². The van der Waals surface area contributed by atoms with Crippen LogP contribution in [0.5, 0.6) is 0 Å². The number of ether oxygens (including phenoxy) is 1. The van der Waals surface area contributed by atoms with Gasteiger partial charge < -0.3 is 20.1 Å². The van der Waals surface area contributed by atoms with E-state index in [1.807, 2.05) is 0 Å². The second kappa shape index (κ2) is 7.99. The summed E-state index contributed by atoms with van der Waals surface area (Å²) in [5, 5.41) is 11.6. The molecule has 0 aromatic carbocycles. The Morgan fingerprint density at radius 1 is 1.42 bits per heavy atom. The SMILES string of the molecule is CCC(CC)CNC(=O)N1CCOC(CC(=O)O)C1. The first kappa shape index (κ1) is 15.8. The van der Waals surface area contributed by atoms with Crippen LogP contribution in [-0.4, -0.2) is 54.4 Å². The van der Waals surface area contributed by atoms with Crippen LogP contribution in [0.1, 0.15) is 33.1 Å². The molecule has 1 unspecified atom stereocenters. The third kappa shape index (κ3) is 5.46. The van der Waals surface area contributed by atoms with E-state index in [1.54, 1.807) is 4.90 Å². The van der Waals surface area contributed by atoms with Crippen molar-refractivity contribution in [2.75, 3.05) is 26.2 Å². The molecule has 110 valence electrons. The van der Waals surface area contributed by atoms with Crippen molar-refractivity contribution in [3.8, 4) is 0 Å². The van der Waals surface area contributed by atoms with Crippen molar-refractivity contribution in [1.82, 2.24) is 10.2 Å². The Hall–Kier alpha value is -1.30. The summed E-state index contributed by atoms with van der Waals surface area (Å²) in [7, 11) is 0. The van der Waals surface area contributed by atoms with E-state index in [2.05, 4.69) is 19.2 Å². The van der Waals surface area contributed by atoms with Crippen molar-refractivity contribution in [3.05, 3.63) is 0 Å². The van der Waals surface area contributed by atoms with E-state index < -0.39 is 12.1 Å². The predicted molar refractivity (Wildman–Crippen MR) is 71.0 cm³/mol. The second-order valence-electron chi connectivity index (χ2n) is 4.91. The first-order valence-corrected chi connectivity index (χ1v) is 6.92. The number of carbonyl (C=O) groups excluding carboxylic acids is 1. The minimum absolute atomic E-state index is 0.0592. The zero-order valence-corrected chi connectivity index (χ0v) is 11.7. The van der Waals surface area contributed by atoms with Crippen LogP contribution >= 0.6 is 0 Å². The fourth-order valence-corrected chi connectivity index (χ4v) is 2.14. The number of carboxylic acids is 1. The average Bonchev–Trinajstić information content (AvgIpc) is 2.39. The number of urea groups is 1. The molecule has 6 heteroatoms. The molecule has 0 spiro atoms. The molecule has 2 N–H and O–H groups in total. The molecule has 0 radical (unpaired) electrons. The largest absolute Gasteiger partial charge is 0.481 e. The summed E-state index contributed by atoms with van der Waals surface area (Å²) in [5.74, 6) is -0.399.